The first-order valence-electron chi connectivity index (χ1n) is 6.25. The van der Waals surface area contributed by atoms with Gasteiger partial charge in [-0.2, -0.15) is 0 Å². The van der Waals surface area contributed by atoms with Crippen LogP contribution < -0.4 is 5.32 Å². The Hall–Kier alpha value is -1.16. The van der Waals surface area contributed by atoms with Crippen LogP contribution in [0.3, 0.4) is 0 Å². The second kappa shape index (κ2) is 6.55. The molecule has 1 rings (SSSR count). The fourth-order valence-electron chi connectivity index (χ4n) is 1.66. The Morgan fingerprint density at radius 3 is 2.47 bits per heavy atom. The van der Waals surface area contributed by atoms with Crippen molar-refractivity contribution in [3.8, 4) is 0 Å². The quantitative estimate of drug-likeness (QED) is 0.826. The zero-order valence-corrected chi connectivity index (χ0v) is 11.5. The Labute approximate surface area is 104 Å². The van der Waals surface area contributed by atoms with Gasteiger partial charge in [-0.1, -0.05) is 13.8 Å². The number of aryl methyl sites for hydroxylation is 1. The second-order valence-electron chi connectivity index (χ2n) is 4.20. The van der Waals surface area contributed by atoms with E-state index in [1.165, 1.54) is 0 Å². The molecule has 0 saturated heterocycles. The normalized spacial score (nSPS) is 12.5. The first-order chi connectivity index (χ1) is 8.13. The standard InChI is InChI=1S/C13H23N3O/c1-6-8-14-12-9(3)10(4)15-13(16-12)11(7-2)17-5/h11H,6-8H2,1-5H3,(H,14,15,16). The van der Waals surface area contributed by atoms with Crippen molar-refractivity contribution in [2.24, 2.45) is 0 Å². The number of hydrogen-bond donors (Lipinski definition) is 1. The van der Waals surface area contributed by atoms with Gasteiger partial charge in [-0.05, 0) is 26.7 Å². The Bertz CT molecular complexity index is 362. The van der Waals surface area contributed by atoms with Crippen LogP contribution in [0.1, 0.15) is 49.9 Å². The molecule has 4 nitrogen and oxygen atoms in total. The van der Waals surface area contributed by atoms with Crippen LogP contribution in [0.2, 0.25) is 0 Å². The molecular formula is C13H23N3O. The molecule has 0 aliphatic heterocycles. The Morgan fingerprint density at radius 2 is 1.94 bits per heavy atom. The summed E-state index contributed by atoms with van der Waals surface area (Å²) < 4.78 is 5.39. The third-order valence-corrected chi connectivity index (χ3v) is 2.89. The van der Waals surface area contributed by atoms with Crippen LogP contribution in [-0.4, -0.2) is 23.6 Å². The summed E-state index contributed by atoms with van der Waals surface area (Å²) in [7, 11) is 1.70. The lowest BCUT2D eigenvalue weighted by molar-refractivity contribution is 0.0925. The van der Waals surface area contributed by atoms with Crippen LogP contribution in [0.5, 0.6) is 0 Å². The molecule has 0 aromatic carbocycles. The number of nitrogens with zero attached hydrogens (tertiary/aromatic N) is 2. The number of rotatable bonds is 6. The van der Waals surface area contributed by atoms with Crippen LogP contribution in [-0.2, 0) is 4.74 Å². The van der Waals surface area contributed by atoms with Crippen LogP contribution in [0.4, 0.5) is 5.82 Å². The highest BCUT2D eigenvalue weighted by Gasteiger charge is 2.15. The lowest BCUT2D eigenvalue weighted by Crippen LogP contribution is -2.12. The number of aromatic nitrogens is 2. The van der Waals surface area contributed by atoms with Gasteiger partial charge in [0.2, 0.25) is 0 Å². The van der Waals surface area contributed by atoms with Gasteiger partial charge in [0.1, 0.15) is 11.9 Å². The van der Waals surface area contributed by atoms with E-state index in [1.807, 2.05) is 13.8 Å². The van der Waals surface area contributed by atoms with Crippen molar-refractivity contribution >= 4 is 5.82 Å². The van der Waals surface area contributed by atoms with E-state index in [2.05, 4.69) is 29.1 Å². The number of nitrogens with one attached hydrogen (secondary N) is 1. The molecule has 0 radical (unpaired) electrons. The van der Waals surface area contributed by atoms with Gasteiger partial charge in [-0.3, -0.25) is 0 Å². The average molecular weight is 237 g/mol. The summed E-state index contributed by atoms with van der Waals surface area (Å²) in [6.07, 6.45) is 1.95. The van der Waals surface area contributed by atoms with E-state index in [0.717, 1.165) is 42.3 Å². The minimum atomic E-state index is -0.0172. The molecule has 0 spiro atoms. The molecule has 96 valence electrons. The SMILES string of the molecule is CCCNc1nc(C(CC)OC)nc(C)c1C. The van der Waals surface area contributed by atoms with Gasteiger partial charge in [0.05, 0.1) is 0 Å². The highest BCUT2D eigenvalue weighted by Crippen LogP contribution is 2.21. The zero-order chi connectivity index (χ0) is 12.8. The van der Waals surface area contributed by atoms with Crippen molar-refractivity contribution in [1.29, 1.82) is 0 Å². The number of anilines is 1. The molecule has 1 aromatic rings. The van der Waals surface area contributed by atoms with Crippen molar-refractivity contribution in [3.63, 3.8) is 0 Å². The minimum absolute atomic E-state index is 0.0172. The Balaban J connectivity index is 3.04. The van der Waals surface area contributed by atoms with Gasteiger partial charge in [0, 0.05) is 24.9 Å². The molecular weight excluding hydrogens is 214 g/mol. The summed E-state index contributed by atoms with van der Waals surface area (Å²) in [5.41, 5.74) is 2.14. The average Bonchev–Trinajstić information content (AvgIpc) is 2.33. The molecule has 1 unspecified atom stereocenters. The first-order valence-corrected chi connectivity index (χ1v) is 6.25. The van der Waals surface area contributed by atoms with E-state index < -0.39 is 0 Å². The molecule has 4 heteroatoms. The third kappa shape index (κ3) is 3.40. The second-order valence-corrected chi connectivity index (χ2v) is 4.20. The van der Waals surface area contributed by atoms with E-state index >= 15 is 0 Å². The number of methoxy groups -OCH3 is 1. The minimum Gasteiger partial charge on any atom is -0.373 e. The molecule has 1 aromatic heterocycles. The predicted octanol–water partition coefficient (Wildman–Crippen LogP) is 3.01. The predicted molar refractivity (Wildman–Crippen MR) is 70.3 cm³/mol. The summed E-state index contributed by atoms with van der Waals surface area (Å²) in [5, 5.41) is 3.34. The van der Waals surface area contributed by atoms with Gasteiger partial charge >= 0.3 is 0 Å². The summed E-state index contributed by atoms with van der Waals surface area (Å²) >= 11 is 0. The van der Waals surface area contributed by atoms with Crippen molar-refractivity contribution in [2.45, 2.75) is 46.6 Å². The van der Waals surface area contributed by atoms with Gasteiger partial charge in [-0.15, -0.1) is 0 Å². The molecule has 1 N–H and O–H groups in total. The van der Waals surface area contributed by atoms with Crippen molar-refractivity contribution < 1.29 is 4.74 Å². The lowest BCUT2D eigenvalue weighted by Gasteiger charge is -2.16. The Morgan fingerprint density at radius 1 is 1.24 bits per heavy atom. The summed E-state index contributed by atoms with van der Waals surface area (Å²) in [6, 6.07) is 0. The van der Waals surface area contributed by atoms with Gasteiger partial charge in [-0.25, -0.2) is 9.97 Å². The monoisotopic (exact) mass is 237 g/mol. The highest BCUT2D eigenvalue weighted by molar-refractivity contribution is 5.45. The summed E-state index contributed by atoms with van der Waals surface area (Å²) in [5.74, 6) is 1.71. The van der Waals surface area contributed by atoms with Crippen LogP contribution in [0.25, 0.3) is 0 Å². The van der Waals surface area contributed by atoms with Gasteiger partial charge in [0.15, 0.2) is 5.82 Å². The van der Waals surface area contributed by atoms with Crippen LogP contribution in [0, 0.1) is 13.8 Å². The van der Waals surface area contributed by atoms with Gasteiger partial charge in [0.25, 0.3) is 0 Å². The van der Waals surface area contributed by atoms with E-state index in [4.69, 9.17) is 4.74 Å². The highest BCUT2D eigenvalue weighted by atomic mass is 16.5. The number of hydrogen-bond acceptors (Lipinski definition) is 4. The molecule has 0 aliphatic rings. The molecule has 1 atom stereocenters. The smallest absolute Gasteiger partial charge is 0.159 e. The van der Waals surface area contributed by atoms with Crippen molar-refractivity contribution in [2.75, 3.05) is 19.0 Å². The molecule has 0 aliphatic carbocycles. The van der Waals surface area contributed by atoms with E-state index in [0.29, 0.717) is 0 Å². The fourth-order valence-corrected chi connectivity index (χ4v) is 1.66. The maximum Gasteiger partial charge on any atom is 0.159 e. The molecule has 1 heterocycles. The maximum atomic E-state index is 5.39. The molecule has 0 fully saturated rings. The van der Waals surface area contributed by atoms with Crippen LogP contribution in [0.15, 0.2) is 0 Å². The van der Waals surface area contributed by atoms with Crippen molar-refractivity contribution in [1.82, 2.24) is 9.97 Å². The fraction of sp³-hybridized carbons (Fsp3) is 0.692. The largest absolute Gasteiger partial charge is 0.373 e. The van der Waals surface area contributed by atoms with E-state index in [1.54, 1.807) is 7.11 Å². The van der Waals surface area contributed by atoms with Crippen molar-refractivity contribution in [3.05, 3.63) is 17.1 Å². The van der Waals surface area contributed by atoms with Crippen LogP contribution >= 0.6 is 0 Å². The molecule has 0 bridgehead atoms. The van der Waals surface area contributed by atoms with Gasteiger partial charge < -0.3 is 10.1 Å². The first kappa shape index (κ1) is 13.9. The number of ether oxygens (including phenoxy) is 1. The molecule has 17 heavy (non-hydrogen) atoms. The van der Waals surface area contributed by atoms with E-state index in [9.17, 15) is 0 Å². The summed E-state index contributed by atoms with van der Waals surface area (Å²) in [6.45, 7) is 9.21. The third-order valence-electron chi connectivity index (χ3n) is 2.89. The zero-order valence-electron chi connectivity index (χ0n) is 11.5. The molecule has 0 saturated carbocycles. The Kier molecular flexibility index (Phi) is 5.35. The maximum absolute atomic E-state index is 5.39. The topological polar surface area (TPSA) is 47.0 Å². The summed E-state index contributed by atoms with van der Waals surface area (Å²) in [4.78, 5) is 9.07. The van der Waals surface area contributed by atoms with E-state index in [-0.39, 0.29) is 6.10 Å². The lowest BCUT2D eigenvalue weighted by atomic mass is 10.2. The molecule has 0 amide bonds.